The standard InChI is InChI=1S/C12H13N3/c1-7(14)12-8(2)15-11-5-9(6-13)3-4-10(11)12/h3-5,7,15H,14H2,1-2H3. The predicted octanol–water partition coefficient (Wildman–Crippen LogP) is 2.37. The van der Waals surface area contributed by atoms with Crippen LogP contribution < -0.4 is 5.73 Å². The molecule has 3 heteroatoms. The summed E-state index contributed by atoms with van der Waals surface area (Å²) in [5.74, 6) is 0. The fourth-order valence-electron chi connectivity index (χ4n) is 2.01. The van der Waals surface area contributed by atoms with Gasteiger partial charge in [-0.15, -0.1) is 0 Å². The van der Waals surface area contributed by atoms with Gasteiger partial charge in [0.1, 0.15) is 0 Å². The zero-order valence-electron chi connectivity index (χ0n) is 8.83. The average molecular weight is 199 g/mol. The number of nitriles is 1. The third-order valence-corrected chi connectivity index (χ3v) is 2.62. The van der Waals surface area contributed by atoms with Crippen molar-refractivity contribution in [2.75, 3.05) is 0 Å². The molecule has 76 valence electrons. The molecular formula is C12H13N3. The van der Waals surface area contributed by atoms with Gasteiger partial charge in [-0.2, -0.15) is 5.26 Å². The van der Waals surface area contributed by atoms with Crippen molar-refractivity contribution in [2.24, 2.45) is 5.73 Å². The van der Waals surface area contributed by atoms with E-state index in [9.17, 15) is 0 Å². The quantitative estimate of drug-likeness (QED) is 0.740. The summed E-state index contributed by atoms with van der Waals surface area (Å²) in [7, 11) is 0. The fourth-order valence-corrected chi connectivity index (χ4v) is 2.01. The van der Waals surface area contributed by atoms with Gasteiger partial charge in [-0.1, -0.05) is 6.07 Å². The number of fused-ring (bicyclic) bond motifs is 1. The molecule has 0 fully saturated rings. The summed E-state index contributed by atoms with van der Waals surface area (Å²) >= 11 is 0. The molecule has 15 heavy (non-hydrogen) atoms. The van der Waals surface area contributed by atoms with Gasteiger partial charge < -0.3 is 10.7 Å². The maximum absolute atomic E-state index is 8.79. The Balaban J connectivity index is 2.75. The zero-order chi connectivity index (χ0) is 11.0. The number of aryl methyl sites for hydroxylation is 1. The molecule has 0 saturated heterocycles. The summed E-state index contributed by atoms with van der Waals surface area (Å²) < 4.78 is 0. The number of nitrogens with zero attached hydrogens (tertiary/aromatic N) is 1. The number of aromatic amines is 1. The van der Waals surface area contributed by atoms with Crippen molar-refractivity contribution in [3.05, 3.63) is 35.0 Å². The van der Waals surface area contributed by atoms with E-state index in [1.165, 1.54) is 0 Å². The summed E-state index contributed by atoms with van der Waals surface area (Å²) in [6.07, 6.45) is 0. The molecule has 0 aliphatic heterocycles. The molecule has 0 bridgehead atoms. The van der Waals surface area contributed by atoms with Gasteiger partial charge in [0.05, 0.1) is 11.6 Å². The highest BCUT2D eigenvalue weighted by atomic mass is 14.7. The van der Waals surface area contributed by atoms with Crippen LogP contribution in [0.15, 0.2) is 18.2 Å². The maximum atomic E-state index is 8.79. The van der Waals surface area contributed by atoms with E-state index >= 15 is 0 Å². The summed E-state index contributed by atoms with van der Waals surface area (Å²) in [5, 5.41) is 9.91. The van der Waals surface area contributed by atoms with Crippen molar-refractivity contribution >= 4 is 10.9 Å². The second kappa shape index (κ2) is 3.41. The molecule has 0 spiro atoms. The minimum Gasteiger partial charge on any atom is -0.358 e. The van der Waals surface area contributed by atoms with Gasteiger partial charge in [0, 0.05) is 22.6 Å². The minimum absolute atomic E-state index is 0.00619. The molecule has 2 aromatic rings. The highest BCUT2D eigenvalue weighted by Gasteiger charge is 2.11. The first kappa shape index (κ1) is 9.75. The lowest BCUT2D eigenvalue weighted by atomic mass is 10.0. The van der Waals surface area contributed by atoms with Gasteiger partial charge in [-0.3, -0.25) is 0 Å². The highest BCUT2D eigenvalue weighted by molar-refractivity contribution is 5.86. The molecule has 0 aliphatic carbocycles. The largest absolute Gasteiger partial charge is 0.358 e. The number of benzene rings is 1. The molecule has 3 nitrogen and oxygen atoms in total. The van der Waals surface area contributed by atoms with E-state index in [0.717, 1.165) is 22.2 Å². The van der Waals surface area contributed by atoms with Gasteiger partial charge in [0.25, 0.3) is 0 Å². The molecule has 2 rings (SSSR count). The molecule has 0 amide bonds. The van der Waals surface area contributed by atoms with E-state index in [4.69, 9.17) is 11.0 Å². The normalized spacial score (nSPS) is 12.7. The maximum Gasteiger partial charge on any atom is 0.0992 e. The summed E-state index contributed by atoms with van der Waals surface area (Å²) in [4.78, 5) is 3.25. The Labute approximate surface area is 88.5 Å². The van der Waals surface area contributed by atoms with Crippen LogP contribution in [0.25, 0.3) is 10.9 Å². The van der Waals surface area contributed by atoms with E-state index in [0.29, 0.717) is 5.56 Å². The zero-order valence-corrected chi connectivity index (χ0v) is 8.83. The summed E-state index contributed by atoms with van der Waals surface area (Å²) in [5.41, 5.74) is 9.77. The van der Waals surface area contributed by atoms with Crippen molar-refractivity contribution < 1.29 is 0 Å². The Kier molecular flexibility index (Phi) is 2.22. The van der Waals surface area contributed by atoms with E-state index < -0.39 is 0 Å². The number of hydrogen-bond donors (Lipinski definition) is 2. The molecule has 1 atom stereocenters. The Bertz CT molecular complexity index is 544. The van der Waals surface area contributed by atoms with Crippen LogP contribution in [0.5, 0.6) is 0 Å². The van der Waals surface area contributed by atoms with Gasteiger partial charge in [0.15, 0.2) is 0 Å². The lowest BCUT2D eigenvalue weighted by Crippen LogP contribution is -2.05. The van der Waals surface area contributed by atoms with Gasteiger partial charge >= 0.3 is 0 Å². The Morgan fingerprint density at radius 3 is 2.80 bits per heavy atom. The van der Waals surface area contributed by atoms with Crippen molar-refractivity contribution in [2.45, 2.75) is 19.9 Å². The number of H-pyrrole nitrogens is 1. The third-order valence-electron chi connectivity index (χ3n) is 2.62. The fraction of sp³-hybridized carbons (Fsp3) is 0.250. The second-order valence-electron chi connectivity index (χ2n) is 3.82. The first-order chi connectivity index (χ1) is 7.13. The van der Waals surface area contributed by atoms with Gasteiger partial charge in [-0.25, -0.2) is 0 Å². The van der Waals surface area contributed by atoms with E-state index in [2.05, 4.69) is 11.1 Å². The van der Waals surface area contributed by atoms with Crippen LogP contribution in [0.4, 0.5) is 0 Å². The third kappa shape index (κ3) is 1.49. The van der Waals surface area contributed by atoms with Crippen LogP contribution in [-0.4, -0.2) is 4.98 Å². The van der Waals surface area contributed by atoms with E-state index in [-0.39, 0.29) is 6.04 Å². The van der Waals surface area contributed by atoms with E-state index in [1.807, 2.05) is 32.0 Å². The molecule has 0 saturated carbocycles. The molecular weight excluding hydrogens is 186 g/mol. The lowest BCUT2D eigenvalue weighted by molar-refractivity contribution is 0.817. The molecule has 0 aliphatic rings. The second-order valence-corrected chi connectivity index (χ2v) is 3.82. The lowest BCUT2D eigenvalue weighted by Gasteiger charge is -2.04. The van der Waals surface area contributed by atoms with Gasteiger partial charge in [0.2, 0.25) is 0 Å². The topological polar surface area (TPSA) is 65.6 Å². The first-order valence-corrected chi connectivity index (χ1v) is 4.91. The van der Waals surface area contributed by atoms with Crippen LogP contribution in [0.1, 0.15) is 29.8 Å². The summed E-state index contributed by atoms with van der Waals surface area (Å²) in [6.45, 7) is 3.97. The first-order valence-electron chi connectivity index (χ1n) is 4.91. The Morgan fingerprint density at radius 2 is 2.20 bits per heavy atom. The number of nitrogens with two attached hydrogens (primary N) is 1. The molecule has 1 aromatic carbocycles. The Hall–Kier alpha value is -1.79. The minimum atomic E-state index is 0.00619. The summed E-state index contributed by atoms with van der Waals surface area (Å²) in [6, 6.07) is 7.76. The molecule has 1 unspecified atom stereocenters. The monoisotopic (exact) mass is 199 g/mol. The Morgan fingerprint density at radius 1 is 1.47 bits per heavy atom. The average Bonchev–Trinajstić information content (AvgIpc) is 2.52. The molecule has 0 radical (unpaired) electrons. The smallest absolute Gasteiger partial charge is 0.0992 e. The van der Waals surface area contributed by atoms with Crippen LogP contribution in [0, 0.1) is 18.3 Å². The molecule has 1 heterocycles. The van der Waals surface area contributed by atoms with Crippen molar-refractivity contribution in [1.82, 2.24) is 4.98 Å². The number of rotatable bonds is 1. The van der Waals surface area contributed by atoms with Crippen LogP contribution >= 0.6 is 0 Å². The van der Waals surface area contributed by atoms with Crippen molar-refractivity contribution in [1.29, 1.82) is 5.26 Å². The van der Waals surface area contributed by atoms with Crippen LogP contribution in [0.2, 0.25) is 0 Å². The number of hydrogen-bond acceptors (Lipinski definition) is 2. The number of nitrogens with one attached hydrogen (secondary N) is 1. The van der Waals surface area contributed by atoms with Crippen LogP contribution in [0.3, 0.4) is 0 Å². The van der Waals surface area contributed by atoms with Crippen molar-refractivity contribution in [3.8, 4) is 6.07 Å². The SMILES string of the molecule is Cc1[nH]c2cc(C#N)ccc2c1C(C)N. The van der Waals surface area contributed by atoms with Crippen molar-refractivity contribution in [3.63, 3.8) is 0 Å². The number of aromatic nitrogens is 1. The predicted molar refractivity (Wildman–Crippen MR) is 60.4 cm³/mol. The van der Waals surface area contributed by atoms with Crippen LogP contribution in [-0.2, 0) is 0 Å². The molecule has 1 aromatic heterocycles. The molecule has 3 N–H and O–H groups in total. The van der Waals surface area contributed by atoms with E-state index in [1.54, 1.807) is 0 Å². The van der Waals surface area contributed by atoms with Gasteiger partial charge in [-0.05, 0) is 31.5 Å². The highest BCUT2D eigenvalue weighted by Crippen LogP contribution is 2.26.